The molecule has 0 radical (unpaired) electrons. The first-order valence-corrected chi connectivity index (χ1v) is 8.00. The fourth-order valence-corrected chi connectivity index (χ4v) is 1.99. The third-order valence-electron chi connectivity index (χ3n) is 3.18. The van der Waals surface area contributed by atoms with Crippen molar-refractivity contribution in [3.8, 4) is 11.6 Å². The van der Waals surface area contributed by atoms with Crippen molar-refractivity contribution in [3.63, 3.8) is 0 Å². The van der Waals surface area contributed by atoms with Gasteiger partial charge in [-0.25, -0.2) is 9.98 Å². The largest absolute Gasteiger partial charge is 0.492 e. The van der Waals surface area contributed by atoms with Gasteiger partial charge in [0.25, 0.3) is 0 Å². The summed E-state index contributed by atoms with van der Waals surface area (Å²) < 4.78 is 10.7. The van der Waals surface area contributed by atoms with Gasteiger partial charge in [-0.05, 0) is 24.6 Å². The van der Waals surface area contributed by atoms with Crippen molar-refractivity contribution in [2.45, 2.75) is 13.5 Å². The van der Waals surface area contributed by atoms with Crippen LogP contribution in [0.1, 0.15) is 12.5 Å². The van der Waals surface area contributed by atoms with Gasteiger partial charge in [-0.2, -0.15) is 0 Å². The molecule has 2 aromatic rings. The molecule has 0 aliphatic heterocycles. The molecule has 1 aromatic carbocycles. The molecule has 2 rings (SSSR count). The highest BCUT2D eigenvalue weighted by Crippen LogP contribution is 2.08. The number of methoxy groups -OCH3 is 1. The number of hydrogen-bond acceptors (Lipinski definition) is 4. The van der Waals surface area contributed by atoms with Gasteiger partial charge in [0.05, 0.1) is 20.2 Å². The highest BCUT2D eigenvalue weighted by atomic mass is 16.5. The van der Waals surface area contributed by atoms with Gasteiger partial charge in [-0.3, -0.25) is 0 Å². The van der Waals surface area contributed by atoms with Crippen molar-refractivity contribution in [2.24, 2.45) is 4.99 Å². The number of hydrogen-bond donors (Lipinski definition) is 2. The summed E-state index contributed by atoms with van der Waals surface area (Å²) in [6.07, 6.45) is 1.77. The summed E-state index contributed by atoms with van der Waals surface area (Å²) in [6.45, 7) is 4.62. The molecule has 1 heterocycles. The number of aromatic nitrogens is 1. The molecular formula is C18H24N4O2. The van der Waals surface area contributed by atoms with Gasteiger partial charge >= 0.3 is 0 Å². The summed E-state index contributed by atoms with van der Waals surface area (Å²) in [4.78, 5) is 8.72. The Labute approximate surface area is 142 Å². The number of rotatable bonds is 8. The Morgan fingerprint density at radius 3 is 2.62 bits per heavy atom. The van der Waals surface area contributed by atoms with E-state index in [-0.39, 0.29) is 0 Å². The minimum absolute atomic E-state index is 0.547. The summed E-state index contributed by atoms with van der Waals surface area (Å²) in [5, 5.41) is 6.46. The normalized spacial score (nSPS) is 11.0. The van der Waals surface area contributed by atoms with Crippen LogP contribution < -0.4 is 20.1 Å². The summed E-state index contributed by atoms with van der Waals surface area (Å²) >= 11 is 0. The summed E-state index contributed by atoms with van der Waals surface area (Å²) in [7, 11) is 1.60. The zero-order valence-electron chi connectivity index (χ0n) is 14.2. The van der Waals surface area contributed by atoms with Crippen molar-refractivity contribution in [1.82, 2.24) is 15.6 Å². The van der Waals surface area contributed by atoms with E-state index in [2.05, 4.69) is 20.6 Å². The van der Waals surface area contributed by atoms with E-state index < -0.39 is 0 Å². The number of benzene rings is 1. The Balaban J connectivity index is 1.79. The maximum atomic E-state index is 5.65. The van der Waals surface area contributed by atoms with E-state index in [0.717, 1.165) is 23.8 Å². The number of nitrogens with one attached hydrogen (secondary N) is 2. The van der Waals surface area contributed by atoms with E-state index >= 15 is 0 Å². The topological polar surface area (TPSA) is 67.8 Å². The molecule has 128 valence electrons. The Morgan fingerprint density at radius 2 is 1.96 bits per heavy atom. The molecule has 1 aromatic heterocycles. The minimum Gasteiger partial charge on any atom is -0.492 e. The van der Waals surface area contributed by atoms with Crippen molar-refractivity contribution in [3.05, 3.63) is 54.2 Å². The summed E-state index contributed by atoms with van der Waals surface area (Å²) in [5.41, 5.74) is 1.02. The molecule has 0 amide bonds. The second-order valence-corrected chi connectivity index (χ2v) is 4.99. The van der Waals surface area contributed by atoms with E-state index in [4.69, 9.17) is 9.47 Å². The van der Waals surface area contributed by atoms with E-state index in [1.54, 1.807) is 13.3 Å². The van der Waals surface area contributed by atoms with Gasteiger partial charge in [0, 0.05) is 18.8 Å². The fourth-order valence-electron chi connectivity index (χ4n) is 1.99. The number of ether oxygens (including phenoxy) is 2. The van der Waals surface area contributed by atoms with Crippen LogP contribution in [0, 0.1) is 0 Å². The van der Waals surface area contributed by atoms with Crippen LogP contribution in [0.2, 0.25) is 0 Å². The number of guanidine groups is 1. The van der Waals surface area contributed by atoms with Crippen molar-refractivity contribution >= 4 is 5.96 Å². The number of aliphatic imine (C=N–C) groups is 1. The van der Waals surface area contributed by atoms with Crippen LogP contribution in [-0.4, -0.2) is 37.7 Å². The van der Waals surface area contributed by atoms with Crippen LogP contribution in [0.5, 0.6) is 11.6 Å². The Bertz CT molecular complexity index is 615. The maximum absolute atomic E-state index is 5.65. The van der Waals surface area contributed by atoms with Crippen LogP contribution >= 0.6 is 0 Å². The van der Waals surface area contributed by atoms with Crippen LogP contribution in [0.15, 0.2) is 53.7 Å². The summed E-state index contributed by atoms with van der Waals surface area (Å²) in [6, 6.07) is 13.5. The molecule has 0 saturated carbocycles. The van der Waals surface area contributed by atoms with E-state index in [9.17, 15) is 0 Å². The Morgan fingerprint density at radius 1 is 1.12 bits per heavy atom. The standard InChI is InChI=1S/C18H24N4O2/c1-3-19-18(20-11-12-24-16-7-5-4-6-8-16)22-14-15-9-10-17(23-2)21-13-15/h4-10,13H,3,11-12,14H2,1-2H3,(H2,19,20,22). The number of para-hydroxylation sites is 1. The Kier molecular flexibility index (Phi) is 7.40. The second kappa shape index (κ2) is 10.1. The second-order valence-electron chi connectivity index (χ2n) is 4.99. The van der Waals surface area contributed by atoms with E-state index in [1.807, 2.05) is 49.4 Å². The number of nitrogens with zero attached hydrogens (tertiary/aromatic N) is 2. The molecule has 0 spiro atoms. The molecule has 6 heteroatoms. The fraction of sp³-hybridized carbons (Fsp3) is 0.333. The average Bonchev–Trinajstić information content (AvgIpc) is 2.64. The third-order valence-corrected chi connectivity index (χ3v) is 3.18. The lowest BCUT2D eigenvalue weighted by molar-refractivity contribution is 0.322. The lowest BCUT2D eigenvalue weighted by Gasteiger charge is -2.12. The predicted molar refractivity (Wildman–Crippen MR) is 95.5 cm³/mol. The first-order valence-electron chi connectivity index (χ1n) is 8.00. The van der Waals surface area contributed by atoms with Crippen LogP contribution in [-0.2, 0) is 6.54 Å². The smallest absolute Gasteiger partial charge is 0.212 e. The zero-order valence-corrected chi connectivity index (χ0v) is 14.2. The molecule has 24 heavy (non-hydrogen) atoms. The molecular weight excluding hydrogens is 304 g/mol. The van der Waals surface area contributed by atoms with Crippen LogP contribution in [0.3, 0.4) is 0 Å². The van der Waals surface area contributed by atoms with Crippen molar-refractivity contribution in [1.29, 1.82) is 0 Å². The zero-order chi connectivity index (χ0) is 17.0. The molecule has 0 aliphatic carbocycles. The van der Waals surface area contributed by atoms with Gasteiger partial charge in [0.15, 0.2) is 5.96 Å². The predicted octanol–water partition coefficient (Wildman–Crippen LogP) is 2.22. The number of pyridine rings is 1. The molecule has 6 nitrogen and oxygen atoms in total. The monoisotopic (exact) mass is 328 g/mol. The van der Waals surface area contributed by atoms with Crippen LogP contribution in [0.4, 0.5) is 0 Å². The van der Waals surface area contributed by atoms with Gasteiger partial charge in [0.1, 0.15) is 12.4 Å². The molecule has 0 aliphatic rings. The molecule has 2 N–H and O–H groups in total. The third kappa shape index (κ3) is 6.16. The Hall–Kier alpha value is -2.76. The van der Waals surface area contributed by atoms with Crippen molar-refractivity contribution < 1.29 is 9.47 Å². The molecule has 0 saturated heterocycles. The van der Waals surface area contributed by atoms with Gasteiger partial charge in [0.2, 0.25) is 5.88 Å². The molecule has 0 bridgehead atoms. The van der Waals surface area contributed by atoms with Gasteiger partial charge < -0.3 is 20.1 Å². The SMILES string of the molecule is CCNC(=NCc1ccc(OC)nc1)NCCOc1ccccc1. The average molecular weight is 328 g/mol. The lowest BCUT2D eigenvalue weighted by Crippen LogP contribution is -2.39. The molecule has 0 unspecified atom stereocenters. The highest BCUT2D eigenvalue weighted by Gasteiger charge is 1.99. The highest BCUT2D eigenvalue weighted by molar-refractivity contribution is 5.79. The first-order chi connectivity index (χ1) is 11.8. The maximum Gasteiger partial charge on any atom is 0.212 e. The van der Waals surface area contributed by atoms with Gasteiger partial charge in [-0.1, -0.05) is 24.3 Å². The summed E-state index contributed by atoms with van der Waals surface area (Å²) in [5.74, 6) is 2.22. The lowest BCUT2D eigenvalue weighted by atomic mass is 10.3. The first kappa shape index (κ1) is 17.6. The molecule has 0 atom stereocenters. The van der Waals surface area contributed by atoms with E-state index in [0.29, 0.717) is 25.6 Å². The van der Waals surface area contributed by atoms with Gasteiger partial charge in [-0.15, -0.1) is 0 Å². The van der Waals surface area contributed by atoms with Crippen molar-refractivity contribution in [2.75, 3.05) is 26.8 Å². The van der Waals surface area contributed by atoms with Crippen LogP contribution in [0.25, 0.3) is 0 Å². The quantitative estimate of drug-likeness (QED) is 0.442. The molecule has 0 fully saturated rings. The van der Waals surface area contributed by atoms with E-state index in [1.165, 1.54) is 0 Å². The minimum atomic E-state index is 0.547.